The fraction of sp³-hybridized carbons (Fsp3) is 0.475. The number of aliphatic hydroxyl groups excluding tert-OH is 1. The van der Waals surface area contributed by atoms with E-state index in [4.69, 9.17) is 9.47 Å². The summed E-state index contributed by atoms with van der Waals surface area (Å²) < 4.78 is 12.1. The predicted molar refractivity (Wildman–Crippen MR) is 197 cm³/mol. The summed E-state index contributed by atoms with van der Waals surface area (Å²) in [6, 6.07) is 19.4. The number of alkyl carbamates (subject to hydrolysis) is 1. The maximum absolute atomic E-state index is 13.1. The third-order valence-electron chi connectivity index (χ3n) is 10.2. The molecule has 0 saturated carbocycles. The summed E-state index contributed by atoms with van der Waals surface area (Å²) in [5.41, 5.74) is 2.36. The van der Waals surface area contributed by atoms with Crippen molar-refractivity contribution in [2.24, 2.45) is 5.92 Å². The van der Waals surface area contributed by atoms with Gasteiger partial charge in [0.2, 0.25) is 5.56 Å². The molecule has 2 aromatic heterocycles. The number of aromatic hydroxyl groups is 1. The van der Waals surface area contributed by atoms with Gasteiger partial charge in [0.05, 0.1) is 30.0 Å². The third-order valence-corrected chi connectivity index (χ3v) is 10.2. The number of unbranched alkanes of at least 4 members (excludes halogenated alkanes) is 6. The first kappa shape index (κ1) is 36.3. The molecule has 1 amide bonds. The summed E-state index contributed by atoms with van der Waals surface area (Å²) in [6.07, 6.45) is 10.4. The van der Waals surface area contributed by atoms with Crippen molar-refractivity contribution in [3.05, 3.63) is 100 Å². The number of rotatable bonds is 18. The number of carbonyl (C=O) groups is 1. The molecule has 272 valence electrons. The fourth-order valence-electron chi connectivity index (χ4n) is 7.32. The number of aliphatic hydroxyl groups is 1. The van der Waals surface area contributed by atoms with E-state index in [9.17, 15) is 19.8 Å². The van der Waals surface area contributed by atoms with Crippen molar-refractivity contribution in [1.29, 1.82) is 0 Å². The zero-order chi connectivity index (χ0) is 35.4. The van der Waals surface area contributed by atoms with E-state index in [1.807, 2.05) is 42.5 Å². The number of hydrogen-bond acceptors (Lipinski definition) is 9. The number of piperidine rings is 3. The van der Waals surface area contributed by atoms with Gasteiger partial charge in [-0.15, -0.1) is 0 Å². The zero-order valence-electron chi connectivity index (χ0n) is 29.3. The van der Waals surface area contributed by atoms with Crippen LogP contribution < -0.4 is 20.9 Å². The van der Waals surface area contributed by atoms with E-state index in [1.54, 1.807) is 18.3 Å². The number of nitrogens with zero attached hydrogens (tertiary/aromatic N) is 2. The largest absolute Gasteiger partial charge is 0.506 e. The number of ether oxygens (including phenoxy) is 2. The Bertz CT molecular complexity index is 1760. The number of hydrogen-bond donors (Lipinski definition) is 5. The number of benzene rings is 2. The Hall–Kier alpha value is -4.45. The van der Waals surface area contributed by atoms with Crippen LogP contribution in [-0.2, 0) is 4.74 Å². The summed E-state index contributed by atoms with van der Waals surface area (Å²) in [6.45, 7) is 4.84. The first-order chi connectivity index (χ1) is 24.9. The average Bonchev–Trinajstić information content (AvgIpc) is 3.15. The van der Waals surface area contributed by atoms with E-state index in [0.29, 0.717) is 35.5 Å². The molecule has 0 aliphatic carbocycles. The number of phenolic OH excluding ortho intramolecular Hbond substituents is 1. The van der Waals surface area contributed by atoms with Crippen molar-refractivity contribution >= 4 is 17.0 Å². The minimum Gasteiger partial charge on any atom is -0.506 e. The van der Waals surface area contributed by atoms with Crippen molar-refractivity contribution in [2.75, 3.05) is 39.3 Å². The average molecular weight is 698 g/mol. The van der Waals surface area contributed by atoms with E-state index in [0.717, 1.165) is 94.6 Å². The number of amides is 1. The molecule has 0 radical (unpaired) electrons. The van der Waals surface area contributed by atoms with Gasteiger partial charge in [0, 0.05) is 30.7 Å². The summed E-state index contributed by atoms with van der Waals surface area (Å²) in [5, 5.41) is 27.8. The summed E-state index contributed by atoms with van der Waals surface area (Å²) >= 11 is 0. The third kappa shape index (κ3) is 10.1. The van der Waals surface area contributed by atoms with Gasteiger partial charge in [0.25, 0.3) is 0 Å². The van der Waals surface area contributed by atoms with E-state index >= 15 is 0 Å². The molecule has 5 N–H and O–H groups in total. The molecule has 7 rings (SSSR count). The van der Waals surface area contributed by atoms with Gasteiger partial charge in [-0.25, -0.2) is 4.79 Å². The molecule has 3 aliphatic rings. The smallest absolute Gasteiger partial charge is 0.408 e. The van der Waals surface area contributed by atoms with Gasteiger partial charge in [-0.05, 0) is 98.8 Å². The van der Waals surface area contributed by atoms with E-state index in [1.165, 1.54) is 18.6 Å². The highest BCUT2D eigenvalue weighted by molar-refractivity contribution is 5.87. The summed E-state index contributed by atoms with van der Waals surface area (Å²) in [5.74, 6) is 1.20. The van der Waals surface area contributed by atoms with Gasteiger partial charge in [0.1, 0.15) is 17.6 Å². The van der Waals surface area contributed by atoms with E-state index in [2.05, 4.69) is 25.5 Å². The molecule has 0 spiro atoms. The highest BCUT2D eigenvalue weighted by Crippen LogP contribution is 2.31. The molecule has 3 atom stereocenters. The molecule has 11 heteroatoms. The SMILES string of the molecule is O=C(NC(c1cccc(OCCCCCCCCCNC[C@@H](O)c2ccc(O)c3[nH]c(=O)ccc23)c1)c1ccccn1)O[C@H]1CN2CCC1CC2. The van der Waals surface area contributed by atoms with E-state index < -0.39 is 18.2 Å². The molecule has 3 fully saturated rings. The fourth-order valence-corrected chi connectivity index (χ4v) is 7.32. The van der Waals surface area contributed by atoms with Crippen molar-refractivity contribution < 1.29 is 24.5 Å². The summed E-state index contributed by atoms with van der Waals surface area (Å²) in [4.78, 5) is 34.3. The predicted octanol–water partition coefficient (Wildman–Crippen LogP) is 5.97. The van der Waals surface area contributed by atoms with Gasteiger partial charge in [-0.1, -0.05) is 56.4 Å². The maximum atomic E-state index is 13.1. The molecule has 3 saturated heterocycles. The van der Waals surface area contributed by atoms with Gasteiger partial charge < -0.3 is 35.3 Å². The quantitative estimate of drug-likeness (QED) is 0.0793. The van der Waals surface area contributed by atoms with Crippen LogP contribution in [0.3, 0.4) is 0 Å². The lowest BCUT2D eigenvalue weighted by Crippen LogP contribution is -2.52. The second kappa shape index (κ2) is 18.2. The minimum atomic E-state index is -0.744. The van der Waals surface area contributed by atoms with Gasteiger partial charge in [0.15, 0.2) is 0 Å². The van der Waals surface area contributed by atoms with Crippen LogP contribution >= 0.6 is 0 Å². The van der Waals surface area contributed by atoms with Crippen LogP contribution in [0, 0.1) is 5.92 Å². The summed E-state index contributed by atoms with van der Waals surface area (Å²) in [7, 11) is 0. The zero-order valence-corrected chi connectivity index (χ0v) is 29.3. The Morgan fingerprint density at radius 1 is 0.961 bits per heavy atom. The molecule has 11 nitrogen and oxygen atoms in total. The first-order valence-electron chi connectivity index (χ1n) is 18.5. The normalized spacial score (nSPS) is 19.4. The van der Waals surface area contributed by atoms with Gasteiger partial charge in [-0.2, -0.15) is 0 Å². The lowest BCUT2D eigenvalue weighted by atomic mass is 9.86. The number of pyridine rings is 2. The van der Waals surface area contributed by atoms with Crippen LogP contribution in [0.1, 0.15) is 86.8 Å². The Balaban J connectivity index is 0.860. The number of aromatic amines is 1. The molecule has 4 aromatic rings. The molecular weight excluding hydrogens is 646 g/mol. The second-order valence-electron chi connectivity index (χ2n) is 13.8. The minimum absolute atomic E-state index is 0.0108. The molecule has 2 aromatic carbocycles. The number of aromatic nitrogens is 2. The van der Waals surface area contributed by atoms with Gasteiger partial charge in [-0.3, -0.25) is 14.7 Å². The van der Waals surface area contributed by atoms with Crippen molar-refractivity contribution in [1.82, 2.24) is 25.5 Å². The standard InChI is InChI=1S/C40H51N5O6/c46-34-16-14-31(32-15-17-37(48)43-39(32)34)35(47)26-41-20-7-4-2-1-3-5-9-24-50-30-12-10-11-29(25-30)38(33-13-6-8-21-42-33)44-40(49)51-36-27-45-22-18-28(36)19-23-45/h6,8,10-17,21,25,28,35-36,38,41,46-47H,1-5,7,9,18-20,22-24,26-27H2,(H,43,48)(H,44,49)/t35-,36+,38?/m1/s1. The van der Waals surface area contributed by atoms with Crippen LogP contribution in [0.5, 0.6) is 11.5 Å². The Morgan fingerprint density at radius 3 is 2.53 bits per heavy atom. The number of H-pyrrole nitrogens is 1. The number of fused-ring (bicyclic) bond motifs is 4. The number of phenols is 1. The number of nitrogens with one attached hydrogen (secondary N) is 3. The Labute approximate surface area is 299 Å². The van der Waals surface area contributed by atoms with Crippen LogP contribution in [0.4, 0.5) is 4.79 Å². The maximum Gasteiger partial charge on any atom is 0.408 e. The molecule has 1 unspecified atom stereocenters. The Kier molecular flexibility index (Phi) is 12.9. The van der Waals surface area contributed by atoms with Crippen LogP contribution in [0.2, 0.25) is 0 Å². The lowest BCUT2D eigenvalue weighted by molar-refractivity contribution is -0.0336. The lowest BCUT2D eigenvalue weighted by Gasteiger charge is -2.43. The van der Waals surface area contributed by atoms with Crippen LogP contribution in [-0.4, -0.2) is 76.6 Å². The van der Waals surface area contributed by atoms with Crippen LogP contribution in [0.25, 0.3) is 10.9 Å². The Morgan fingerprint density at radius 2 is 1.76 bits per heavy atom. The van der Waals surface area contributed by atoms with Gasteiger partial charge >= 0.3 is 6.09 Å². The molecular formula is C40H51N5O6. The van der Waals surface area contributed by atoms with Crippen molar-refractivity contribution in [3.8, 4) is 11.5 Å². The topological polar surface area (TPSA) is 149 Å². The molecule has 3 aliphatic heterocycles. The molecule has 51 heavy (non-hydrogen) atoms. The number of carbonyl (C=O) groups excluding carboxylic acids is 1. The monoisotopic (exact) mass is 697 g/mol. The second-order valence-corrected chi connectivity index (χ2v) is 13.8. The molecule has 5 heterocycles. The highest BCUT2D eigenvalue weighted by Gasteiger charge is 2.37. The first-order valence-corrected chi connectivity index (χ1v) is 18.5. The van der Waals surface area contributed by atoms with Crippen LogP contribution in [0.15, 0.2) is 77.7 Å². The van der Waals surface area contributed by atoms with Crippen molar-refractivity contribution in [3.63, 3.8) is 0 Å². The van der Waals surface area contributed by atoms with Crippen molar-refractivity contribution in [2.45, 2.75) is 76.0 Å². The highest BCUT2D eigenvalue weighted by atomic mass is 16.6. The van der Waals surface area contributed by atoms with E-state index in [-0.39, 0.29) is 17.4 Å². The molecule has 2 bridgehead atoms.